The van der Waals surface area contributed by atoms with Crippen molar-refractivity contribution in [1.82, 2.24) is 20.6 Å². The first kappa shape index (κ1) is 28.9. The van der Waals surface area contributed by atoms with Gasteiger partial charge in [0.25, 0.3) is 11.8 Å². The topological polar surface area (TPSA) is 142 Å². The first-order valence-corrected chi connectivity index (χ1v) is 13.9. The summed E-state index contributed by atoms with van der Waals surface area (Å²) in [7, 11) is 0. The largest absolute Gasteiger partial charge is 0.349 e. The van der Waals surface area contributed by atoms with E-state index in [2.05, 4.69) is 20.6 Å². The van der Waals surface area contributed by atoms with Crippen molar-refractivity contribution in [1.29, 1.82) is 0 Å². The number of hydrogen-bond donors (Lipinski definition) is 6. The van der Waals surface area contributed by atoms with Crippen molar-refractivity contribution in [3.63, 3.8) is 0 Å². The van der Waals surface area contributed by atoms with Crippen LogP contribution < -0.4 is 22.1 Å². The lowest BCUT2D eigenvalue weighted by Crippen LogP contribution is -2.24. The third-order valence-electron chi connectivity index (χ3n) is 7.59. The lowest BCUT2D eigenvalue weighted by atomic mass is 10.0. The Labute approximate surface area is 236 Å². The Morgan fingerprint density at radius 2 is 0.950 bits per heavy atom. The third-order valence-corrected chi connectivity index (χ3v) is 7.59. The Hall–Kier alpha value is -4.14. The van der Waals surface area contributed by atoms with Crippen LogP contribution in [0.5, 0.6) is 0 Å². The average molecular weight is 541 g/mol. The van der Waals surface area contributed by atoms with Crippen LogP contribution in [0.25, 0.3) is 11.4 Å². The Kier molecular flexibility index (Phi) is 9.24. The molecule has 2 aromatic carbocycles. The third kappa shape index (κ3) is 6.03. The second-order valence-corrected chi connectivity index (χ2v) is 10.1. The number of aromatic amines is 2. The minimum Gasteiger partial charge on any atom is -0.349 e. The molecule has 40 heavy (non-hydrogen) atoms. The number of amides is 2. The van der Waals surface area contributed by atoms with E-state index in [0.29, 0.717) is 50.4 Å². The number of nitrogens with one attached hydrogen (secondary N) is 4. The van der Waals surface area contributed by atoms with Crippen LogP contribution in [0.1, 0.15) is 79.3 Å². The number of nitrogens with two attached hydrogens (primary N) is 2. The van der Waals surface area contributed by atoms with E-state index in [9.17, 15) is 9.59 Å². The summed E-state index contributed by atoms with van der Waals surface area (Å²) in [6.45, 7) is 9.93. The van der Waals surface area contributed by atoms with E-state index >= 15 is 0 Å². The summed E-state index contributed by atoms with van der Waals surface area (Å²) < 4.78 is 0. The number of carbonyl (C=O) groups excluding carboxylic acids is 2. The average Bonchev–Trinajstić information content (AvgIpc) is 3.50. The standard InChI is InChI=1S/C32H40N6O2/c1-5-25-19(3)27(37-29(25)31(39)35-17-23-11-7-21(15-33)8-12-23)28-20(4)26(6-2)30(38-28)32(40)36-18-24-13-9-22(16-34)10-14-24/h7-14,37-38H,5-6,15-18,33-34H2,1-4H3,(H,35,39)(H,36,40). The van der Waals surface area contributed by atoms with Crippen molar-refractivity contribution in [3.8, 4) is 11.4 Å². The van der Waals surface area contributed by atoms with Gasteiger partial charge in [-0.25, -0.2) is 0 Å². The fourth-order valence-electron chi connectivity index (χ4n) is 5.16. The predicted octanol–water partition coefficient (Wildman–Crippen LogP) is 4.53. The molecule has 0 aliphatic rings. The van der Waals surface area contributed by atoms with Crippen LogP contribution in [0.4, 0.5) is 0 Å². The second-order valence-electron chi connectivity index (χ2n) is 10.1. The molecule has 0 fully saturated rings. The minimum absolute atomic E-state index is 0.160. The Balaban J connectivity index is 1.56. The molecular weight excluding hydrogens is 500 g/mol. The summed E-state index contributed by atoms with van der Waals surface area (Å²) in [5, 5.41) is 6.07. The molecule has 8 nitrogen and oxygen atoms in total. The molecule has 0 atom stereocenters. The minimum atomic E-state index is -0.160. The fraction of sp³-hybridized carbons (Fsp3) is 0.312. The van der Waals surface area contributed by atoms with E-state index < -0.39 is 0 Å². The second kappa shape index (κ2) is 12.8. The van der Waals surface area contributed by atoms with Gasteiger partial charge in [0, 0.05) is 26.2 Å². The summed E-state index contributed by atoms with van der Waals surface area (Å²) in [4.78, 5) is 33.3. The van der Waals surface area contributed by atoms with E-state index in [1.54, 1.807) is 0 Å². The maximum absolute atomic E-state index is 13.3. The van der Waals surface area contributed by atoms with Gasteiger partial charge in [0.05, 0.1) is 11.4 Å². The molecule has 0 aliphatic carbocycles. The van der Waals surface area contributed by atoms with Crippen LogP contribution in [-0.2, 0) is 39.0 Å². The Morgan fingerprint density at radius 3 is 1.25 bits per heavy atom. The lowest BCUT2D eigenvalue weighted by Gasteiger charge is -2.07. The monoisotopic (exact) mass is 540 g/mol. The summed E-state index contributed by atoms with van der Waals surface area (Å²) in [6, 6.07) is 15.8. The van der Waals surface area contributed by atoms with Crippen LogP contribution in [0.15, 0.2) is 48.5 Å². The molecule has 2 heterocycles. The number of benzene rings is 2. The summed E-state index contributed by atoms with van der Waals surface area (Å²) in [5.41, 5.74) is 22.2. The molecule has 0 saturated carbocycles. The van der Waals surface area contributed by atoms with Gasteiger partial charge >= 0.3 is 0 Å². The van der Waals surface area contributed by atoms with Crippen LogP contribution in [0.3, 0.4) is 0 Å². The zero-order valence-electron chi connectivity index (χ0n) is 23.8. The van der Waals surface area contributed by atoms with Crippen molar-refractivity contribution >= 4 is 11.8 Å². The van der Waals surface area contributed by atoms with Crippen molar-refractivity contribution < 1.29 is 9.59 Å². The molecule has 2 aromatic heterocycles. The highest BCUT2D eigenvalue weighted by atomic mass is 16.2. The quantitative estimate of drug-likeness (QED) is 0.166. The molecule has 8 heteroatoms. The normalized spacial score (nSPS) is 11.1. The molecule has 210 valence electrons. The van der Waals surface area contributed by atoms with Gasteiger partial charge in [-0.05, 0) is 71.2 Å². The Morgan fingerprint density at radius 1 is 0.625 bits per heavy atom. The van der Waals surface area contributed by atoms with Crippen molar-refractivity contribution in [2.45, 2.75) is 66.7 Å². The zero-order chi connectivity index (χ0) is 28.8. The van der Waals surface area contributed by atoms with Crippen LogP contribution in [0.2, 0.25) is 0 Å². The van der Waals surface area contributed by atoms with Gasteiger partial charge in [-0.15, -0.1) is 0 Å². The molecule has 0 radical (unpaired) electrons. The van der Waals surface area contributed by atoms with E-state index in [-0.39, 0.29) is 11.8 Å². The number of rotatable bonds is 11. The molecule has 4 rings (SSSR count). The van der Waals surface area contributed by atoms with Crippen LogP contribution in [-0.4, -0.2) is 21.8 Å². The van der Waals surface area contributed by atoms with Crippen molar-refractivity contribution in [3.05, 3.63) is 104 Å². The molecule has 0 unspecified atom stereocenters. The summed E-state index contributed by atoms with van der Waals surface area (Å²) >= 11 is 0. The molecule has 8 N–H and O–H groups in total. The van der Waals surface area contributed by atoms with Crippen molar-refractivity contribution in [2.24, 2.45) is 11.5 Å². The van der Waals surface area contributed by atoms with E-state index in [1.807, 2.05) is 76.2 Å². The highest BCUT2D eigenvalue weighted by Crippen LogP contribution is 2.33. The van der Waals surface area contributed by atoms with Gasteiger partial charge in [0.1, 0.15) is 11.4 Å². The van der Waals surface area contributed by atoms with Gasteiger partial charge in [0.2, 0.25) is 0 Å². The molecule has 0 saturated heterocycles. The van der Waals surface area contributed by atoms with Gasteiger partial charge in [-0.3, -0.25) is 9.59 Å². The maximum Gasteiger partial charge on any atom is 0.268 e. The zero-order valence-corrected chi connectivity index (χ0v) is 23.8. The van der Waals surface area contributed by atoms with Gasteiger partial charge in [0.15, 0.2) is 0 Å². The van der Waals surface area contributed by atoms with Gasteiger partial charge < -0.3 is 32.1 Å². The summed E-state index contributed by atoms with van der Waals surface area (Å²) in [6.07, 6.45) is 1.40. The first-order valence-electron chi connectivity index (χ1n) is 13.9. The smallest absolute Gasteiger partial charge is 0.268 e. The highest BCUT2D eigenvalue weighted by Gasteiger charge is 2.25. The lowest BCUT2D eigenvalue weighted by molar-refractivity contribution is 0.0937. The number of H-pyrrole nitrogens is 2. The molecular formula is C32H40N6O2. The number of carbonyl (C=O) groups is 2. The fourth-order valence-corrected chi connectivity index (χ4v) is 5.16. The van der Waals surface area contributed by atoms with Crippen LogP contribution in [0, 0.1) is 13.8 Å². The molecule has 4 aromatic rings. The van der Waals surface area contributed by atoms with E-state index in [4.69, 9.17) is 11.5 Å². The molecule has 2 amide bonds. The SMILES string of the molecule is CCc1c(C(=O)NCc2ccc(CN)cc2)[nH]c(-c2[nH]c(C(=O)NCc3ccc(CN)cc3)c(CC)c2C)c1C. The highest BCUT2D eigenvalue weighted by molar-refractivity contribution is 5.97. The van der Waals surface area contributed by atoms with E-state index in [1.165, 1.54) is 0 Å². The maximum atomic E-state index is 13.3. The van der Waals surface area contributed by atoms with E-state index in [0.717, 1.165) is 55.9 Å². The predicted molar refractivity (Wildman–Crippen MR) is 160 cm³/mol. The van der Waals surface area contributed by atoms with Crippen LogP contribution >= 0.6 is 0 Å². The Bertz CT molecular complexity index is 1370. The van der Waals surface area contributed by atoms with Crippen molar-refractivity contribution in [2.75, 3.05) is 0 Å². The number of aromatic nitrogens is 2. The molecule has 0 bridgehead atoms. The number of hydrogen-bond acceptors (Lipinski definition) is 4. The molecule has 0 aliphatic heterocycles. The van der Waals surface area contributed by atoms with Gasteiger partial charge in [-0.2, -0.15) is 0 Å². The van der Waals surface area contributed by atoms with Gasteiger partial charge in [-0.1, -0.05) is 62.4 Å². The first-order chi connectivity index (χ1) is 19.3. The summed E-state index contributed by atoms with van der Waals surface area (Å²) in [5.74, 6) is -0.319. The molecule has 0 spiro atoms.